The van der Waals surface area contributed by atoms with E-state index in [-0.39, 0.29) is 13.2 Å². The van der Waals surface area contributed by atoms with Gasteiger partial charge in [0.15, 0.2) is 0 Å². The van der Waals surface area contributed by atoms with Gasteiger partial charge in [0, 0.05) is 6.54 Å². The van der Waals surface area contributed by atoms with Crippen molar-refractivity contribution in [2.45, 2.75) is 6.10 Å². The largest absolute Gasteiger partial charge is 0.473 e. The molecule has 20 heavy (non-hydrogen) atoms. The van der Waals surface area contributed by atoms with Gasteiger partial charge in [-0.1, -0.05) is 11.6 Å². The zero-order valence-corrected chi connectivity index (χ0v) is 11.9. The van der Waals surface area contributed by atoms with E-state index in [0.717, 1.165) is 11.7 Å². The van der Waals surface area contributed by atoms with Gasteiger partial charge in [0.2, 0.25) is 5.88 Å². The first kappa shape index (κ1) is 14.5. The highest BCUT2D eigenvalue weighted by Crippen LogP contribution is 2.22. The summed E-state index contributed by atoms with van der Waals surface area (Å²) in [7, 11) is 0. The molecule has 0 spiro atoms. The Balaban J connectivity index is 1.81. The van der Waals surface area contributed by atoms with Gasteiger partial charge in [0.25, 0.3) is 0 Å². The lowest BCUT2D eigenvalue weighted by molar-refractivity contribution is 0.115. The molecule has 0 aliphatic rings. The molecule has 6 nitrogen and oxygen atoms in total. The van der Waals surface area contributed by atoms with Crippen LogP contribution in [-0.2, 0) is 0 Å². The monoisotopic (exact) mass is 310 g/mol. The van der Waals surface area contributed by atoms with Crippen molar-refractivity contribution < 1.29 is 9.84 Å². The molecule has 2 N–H and O–H groups in total. The molecule has 2 aromatic rings. The van der Waals surface area contributed by atoms with Gasteiger partial charge in [-0.2, -0.15) is 9.64 Å². The summed E-state index contributed by atoms with van der Waals surface area (Å²) < 4.78 is 12.9. The van der Waals surface area contributed by atoms with Gasteiger partial charge in [-0.05, 0) is 18.2 Å². The minimum atomic E-state index is -0.719. The highest BCUT2D eigenvalue weighted by molar-refractivity contribution is 6.99. The van der Waals surface area contributed by atoms with E-state index in [4.69, 9.17) is 21.6 Å². The van der Waals surface area contributed by atoms with E-state index in [1.165, 1.54) is 6.20 Å². The second-order valence-corrected chi connectivity index (χ2v) is 4.86. The van der Waals surface area contributed by atoms with Gasteiger partial charge in [-0.3, -0.25) is 0 Å². The van der Waals surface area contributed by atoms with E-state index in [2.05, 4.69) is 14.1 Å². The number of nitrogens with one attached hydrogen (secondary N) is 1. The van der Waals surface area contributed by atoms with Crippen molar-refractivity contribution in [2.75, 3.05) is 18.5 Å². The van der Waals surface area contributed by atoms with E-state index >= 15 is 0 Å². The van der Waals surface area contributed by atoms with Crippen LogP contribution in [0.5, 0.6) is 5.88 Å². The first-order valence-electron chi connectivity index (χ1n) is 5.71. The number of nitrogens with zero attached hydrogens (tertiary/aromatic N) is 3. The molecule has 0 fully saturated rings. The lowest BCUT2D eigenvalue weighted by Crippen LogP contribution is -2.26. The second-order valence-electron chi connectivity index (χ2n) is 3.90. The third-order valence-corrected chi connectivity index (χ3v) is 3.17. The fourth-order valence-corrected chi connectivity index (χ4v) is 2.03. The first-order valence-corrected chi connectivity index (χ1v) is 6.82. The number of aliphatic hydroxyl groups is 1. The van der Waals surface area contributed by atoms with Gasteiger partial charge in [-0.25, -0.2) is 0 Å². The lowest BCUT2D eigenvalue weighted by Gasteiger charge is -2.13. The molecule has 0 bridgehead atoms. The normalized spacial score (nSPS) is 11.7. The summed E-state index contributed by atoms with van der Waals surface area (Å²) in [6, 6.07) is 6.91. The van der Waals surface area contributed by atoms with Gasteiger partial charge in [0.05, 0.1) is 34.1 Å². The number of rotatable bonds is 6. The van der Waals surface area contributed by atoms with Crippen molar-refractivity contribution >= 4 is 29.0 Å². The summed E-state index contributed by atoms with van der Waals surface area (Å²) in [4.78, 5) is 0. The quantitative estimate of drug-likeness (QED) is 0.847. The molecule has 1 unspecified atom stereocenters. The Bertz CT molecular complexity index is 600. The number of hydrogen-bond acceptors (Lipinski definition) is 7. The Morgan fingerprint density at radius 3 is 3.05 bits per heavy atom. The molecule has 1 atom stereocenters. The highest BCUT2D eigenvalue weighted by Gasteiger charge is 2.08. The molecule has 0 aliphatic heterocycles. The Morgan fingerprint density at radius 2 is 2.40 bits per heavy atom. The maximum Gasteiger partial charge on any atom is 0.245 e. The molecular weight excluding hydrogens is 300 g/mol. The molecule has 104 valence electrons. The molecule has 0 amide bonds. The van der Waals surface area contributed by atoms with E-state index < -0.39 is 6.10 Å². The van der Waals surface area contributed by atoms with Gasteiger partial charge < -0.3 is 15.2 Å². The first-order chi connectivity index (χ1) is 9.69. The van der Waals surface area contributed by atoms with E-state index in [1.54, 1.807) is 18.2 Å². The standard InChI is InChI=1S/C12H11ClN4O2S/c13-10-3-8(4-14)1-2-11(10)15-5-9(18)7-19-12-6-16-20-17-12/h1-3,6,9,15,18H,5,7H2. The number of aliphatic hydroxyl groups excluding tert-OH is 1. The maximum absolute atomic E-state index is 9.77. The molecule has 0 saturated heterocycles. The third kappa shape index (κ3) is 4.06. The zero-order chi connectivity index (χ0) is 14.4. The maximum atomic E-state index is 9.77. The van der Waals surface area contributed by atoms with Crippen LogP contribution in [0.15, 0.2) is 24.4 Å². The van der Waals surface area contributed by atoms with Crippen LogP contribution >= 0.6 is 23.3 Å². The molecule has 1 aromatic heterocycles. The smallest absolute Gasteiger partial charge is 0.245 e. The minimum Gasteiger partial charge on any atom is -0.473 e. The third-order valence-electron chi connectivity index (χ3n) is 2.39. The van der Waals surface area contributed by atoms with Crippen LogP contribution in [0.4, 0.5) is 5.69 Å². The van der Waals surface area contributed by atoms with E-state index in [9.17, 15) is 5.11 Å². The summed E-state index contributed by atoms with van der Waals surface area (Å²) in [5, 5.41) is 21.9. The van der Waals surface area contributed by atoms with Crippen LogP contribution in [0.25, 0.3) is 0 Å². The number of hydrogen-bond donors (Lipinski definition) is 2. The number of aromatic nitrogens is 2. The summed E-state index contributed by atoms with van der Waals surface area (Å²) >= 11 is 7.05. The fraction of sp³-hybridized carbons (Fsp3) is 0.250. The summed E-state index contributed by atoms with van der Waals surface area (Å²) in [6.45, 7) is 0.371. The van der Waals surface area contributed by atoms with Crippen LogP contribution in [-0.4, -0.2) is 33.1 Å². The van der Waals surface area contributed by atoms with Crippen LogP contribution in [0.2, 0.25) is 5.02 Å². The Labute approximate surface area is 124 Å². The lowest BCUT2D eigenvalue weighted by atomic mass is 10.2. The van der Waals surface area contributed by atoms with Crippen LogP contribution < -0.4 is 10.1 Å². The predicted octanol–water partition coefficient (Wildman–Crippen LogP) is 1.91. The van der Waals surface area contributed by atoms with Crippen LogP contribution in [0.3, 0.4) is 0 Å². The average molecular weight is 311 g/mol. The predicted molar refractivity (Wildman–Crippen MR) is 76.1 cm³/mol. The van der Waals surface area contributed by atoms with Crippen molar-refractivity contribution in [1.82, 2.24) is 8.75 Å². The van der Waals surface area contributed by atoms with Crippen molar-refractivity contribution in [3.05, 3.63) is 35.0 Å². The Hall–Kier alpha value is -1.88. The molecule has 8 heteroatoms. The molecule has 0 aliphatic carbocycles. The SMILES string of the molecule is N#Cc1ccc(NCC(O)COc2cnsn2)c(Cl)c1. The summed E-state index contributed by atoms with van der Waals surface area (Å²) in [5.74, 6) is 0.394. The van der Waals surface area contributed by atoms with Gasteiger partial charge in [0.1, 0.15) is 18.9 Å². The number of benzene rings is 1. The highest BCUT2D eigenvalue weighted by atomic mass is 35.5. The molecule has 0 saturated carbocycles. The number of nitriles is 1. The van der Waals surface area contributed by atoms with E-state index in [0.29, 0.717) is 22.2 Å². The van der Waals surface area contributed by atoms with Crippen molar-refractivity contribution in [3.8, 4) is 11.9 Å². The molecular formula is C12H11ClN4O2S. The van der Waals surface area contributed by atoms with Crippen LogP contribution in [0, 0.1) is 11.3 Å². The van der Waals surface area contributed by atoms with Crippen molar-refractivity contribution in [1.29, 1.82) is 5.26 Å². The number of halogens is 1. The zero-order valence-electron chi connectivity index (χ0n) is 10.3. The molecule has 2 rings (SSSR count). The molecule has 0 radical (unpaired) electrons. The summed E-state index contributed by atoms with van der Waals surface area (Å²) in [5.41, 5.74) is 1.14. The van der Waals surface area contributed by atoms with Gasteiger partial charge in [-0.15, -0.1) is 4.37 Å². The topological polar surface area (TPSA) is 91.1 Å². The second kappa shape index (κ2) is 7.05. The van der Waals surface area contributed by atoms with Crippen LogP contribution in [0.1, 0.15) is 5.56 Å². The Morgan fingerprint density at radius 1 is 1.55 bits per heavy atom. The Kier molecular flexibility index (Phi) is 5.12. The number of anilines is 1. The average Bonchev–Trinajstić information content (AvgIpc) is 2.97. The van der Waals surface area contributed by atoms with Crippen molar-refractivity contribution in [3.63, 3.8) is 0 Å². The minimum absolute atomic E-state index is 0.103. The molecule has 1 heterocycles. The number of ether oxygens (including phenoxy) is 1. The van der Waals surface area contributed by atoms with Crippen molar-refractivity contribution in [2.24, 2.45) is 0 Å². The molecule has 1 aromatic carbocycles. The fourth-order valence-electron chi connectivity index (χ4n) is 1.42. The van der Waals surface area contributed by atoms with E-state index in [1.807, 2.05) is 6.07 Å². The van der Waals surface area contributed by atoms with Gasteiger partial charge >= 0.3 is 0 Å². The summed E-state index contributed by atoms with van der Waals surface area (Å²) in [6.07, 6.45) is 0.769.